The second kappa shape index (κ2) is 5.61. The van der Waals surface area contributed by atoms with Gasteiger partial charge in [-0.3, -0.25) is 0 Å². The third-order valence-electron chi connectivity index (χ3n) is 3.84. The number of hydrogen-bond acceptors (Lipinski definition) is 3. The molecule has 3 nitrogen and oxygen atoms in total. The zero-order valence-corrected chi connectivity index (χ0v) is 11.4. The molecule has 0 amide bonds. The summed E-state index contributed by atoms with van der Waals surface area (Å²) >= 11 is 0. The van der Waals surface area contributed by atoms with Crippen LogP contribution in [0.15, 0.2) is 24.3 Å². The van der Waals surface area contributed by atoms with Crippen LogP contribution in [0.4, 0.5) is 5.69 Å². The lowest BCUT2D eigenvalue weighted by molar-refractivity contribution is 0.0393. The fourth-order valence-corrected chi connectivity index (χ4v) is 2.39. The highest BCUT2D eigenvalue weighted by atomic mass is 16.5. The minimum atomic E-state index is -0.600. The van der Waals surface area contributed by atoms with Crippen LogP contribution in [0.3, 0.4) is 0 Å². The predicted molar refractivity (Wildman–Crippen MR) is 74.3 cm³/mol. The highest BCUT2D eigenvalue weighted by Crippen LogP contribution is 2.32. The summed E-state index contributed by atoms with van der Waals surface area (Å²) in [4.78, 5) is 2.26. The van der Waals surface area contributed by atoms with Crippen LogP contribution in [0.5, 0.6) is 5.75 Å². The number of anilines is 1. The molecule has 100 valence electrons. The largest absolute Gasteiger partial charge is 0.491 e. The van der Waals surface area contributed by atoms with Crippen molar-refractivity contribution in [1.82, 2.24) is 0 Å². The van der Waals surface area contributed by atoms with E-state index in [-0.39, 0.29) is 0 Å². The third kappa shape index (κ3) is 2.78. The minimum Gasteiger partial charge on any atom is -0.491 e. The van der Waals surface area contributed by atoms with E-state index in [0.29, 0.717) is 6.54 Å². The molecule has 3 heteroatoms. The van der Waals surface area contributed by atoms with Gasteiger partial charge in [-0.05, 0) is 31.4 Å². The van der Waals surface area contributed by atoms with E-state index in [4.69, 9.17) is 4.74 Å². The first kappa shape index (κ1) is 13.2. The quantitative estimate of drug-likeness (QED) is 0.890. The Morgan fingerprint density at radius 2 is 2.00 bits per heavy atom. The SMILES string of the molecule is CCC(O)(CC)CN1CCCOc2ccccc21. The highest BCUT2D eigenvalue weighted by molar-refractivity contribution is 5.59. The van der Waals surface area contributed by atoms with Gasteiger partial charge in [-0.1, -0.05) is 26.0 Å². The monoisotopic (exact) mass is 249 g/mol. The van der Waals surface area contributed by atoms with Gasteiger partial charge in [-0.2, -0.15) is 0 Å². The molecule has 18 heavy (non-hydrogen) atoms. The molecule has 0 saturated carbocycles. The van der Waals surface area contributed by atoms with Crippen molar-refractivity contribution < 1.29 is 9.84 Å². The molecule has 0 radical (unpaired) electrons. The van der Waals surface area contributed by atoms with Gasteiger partial charge in [0.2, 0.25) is 0 Å². The van der Waals surface area contributed by atoms with Gasteiger partial charge in [-0.15, -0.1) is 0 Å². The number of rotatable bonds is 4. The number of nitrogens with zero attached hydrogens (tertiary/aromatic N) is 1. The lowest BCUT2D eigenvalue weighted by Gasteiger charge is -2.34. The van der Waals surface area contributed by atoms with Gasteiger partial charge in [-0.25, -0.2) is 0 Å². The van der Waals surface area contributed by atoms with E-state index in [9.17, 15) is 5.11 Å². The van der Waals surface area contributed by atoms with E-state index >= 15 is 0 Å². The lowest BCUT2D eigenvalue weighted by Crippen LogP contribution is -2.42. The topological polar surface area (TPSA) is 32.7 Å². The minimum absolute atomic E-state index is 0.600. The van der Waals surface area contributed by atoms with Crippen molar-refractivity contribution in [2.75, 3.05) is 24.6 Å². The number of benzene rings is 1. The third-order valence-corrected chi connectivity index (χ3v) is 3.84. The Morgan fingerprint density at radius 3 is 2.72 bits per heavy atom. The van der Waals surface area contributed by atoms with Gasteiger partial charge in [0.25, 0.3) is 0 Å². The Bertz CT molecular complexity index is 388. The molecule has 0 aromatic heterocycles. The molecule has 0 saturated heterocycles. The molecule has 1 heterocycles. The molecule has 1 aromatic rings. The highest BCUT2D eigenvalue weighted by Gasteiger charge is 2.27. The van der Waals surface area contributed by atoms with E-state index in [1.165, 1.54) is 0 Å². The molecule has 0 spiro atoms. The van der Waals surface area contributed by atoms with Crippen LogP contribution in [-0.2, 0) is 0 Å². The van der Waals surface area contributed by atoms with Gasteiger partial charge >= 0.3 is 0 Å². The molecule has 0 fully saturated rings. The summed E-state index contributed by atoms with van der Waals surface area (Å²) in [6.07, 6.45) is 2.56. The van der Waals surface area contributed by atoms with Crippen molar-refractivity contribution in [3.8, 4) is 5.75 Å². The number of fused-ring (bicyclic) bond motifs is 1. The number of para-hydroxylation sites is 2. The molecular formula is C15H23NO2. The number of hydrogen-bond donors (Lipinski definition) is 1. The Kier molecular flexibility index (Phi) is 4.12. The van der Waals surface area contributed by atoms with Crippen molar-refractivity contribution in [2.45, 2.75) is 38.7 Å². The van der Waals surface area contributed by atoms with Gasteiger partial charge in [0.1, 0.15) is 5.75 Å². The van der Waals surface area contributed by atoms with Gasteiger partial charge in [0, 0.05) is 13.1 Å². The van der Waals surface area contributed by atoms with Crippen LogP contribution < -0.4 is 9.64 Å². The van der Waals surface area contributed by atoms with E-state index in [1.807, 2.05) is 32.0 Å². The normalized spacial score (nSPS) is 15.8. The summed E-state index contributed by atoms with van der Waals surface area (Å²) in [5, 5.41) is 10.5. The molecule has 2 rings (SSSR count). The maximum Gasteiger partial charge on any atom is 0.142 e. The standard InChI is InChI=1S/C15H23NO2/c1-3-15(17,4-2)12-16-10-7-11-18-14-9-6-5-8-13(14)16/h5-6,8-9,17H,3-4,7,10-12H2,1-2H3. The van der Waals surface area contributed by atoms with Crippen molar-refractivity contribution in [3.63, 3.8) is 0 Å². The van der Waals surface area contributed by atoms with E-state index in [1.54, 1.807) is 0 Å². The summed E-state index contributed by atoms with van der Waals surface area (Å²) in [7, 11) is 0. The number of ether oxygens (including phenoxy) is 1. The Labute approximate surface area is 109 Å². The van der Waals surface area contributed by atoms with Crippen LogP contribution in [0.1, 0.15) is 33.1 Å². The molecule has 1 N–H and O–H groups in total. The van der Waals surface area contributed by atoms with E-state index in [0.717, 1.165) is 43.9 Å². The fourth-order valence-electron chi connectivity index (χ4n) is 2.39. The van der Waals surface area contributed by atoms with Crippen LogP contribution in [0.2, 0.25) is 0 Å². The van der Waals surface area contributed by atoms with Gasteiger partial charge in [0.05, 0.1) is 17.9 Å². The van der Waals surface area contributed by atoms with Crippen molar-refractivity contribution in [2.24, 2.45) is 0 Å². The molecule has 1 aliphatic heterocycles. The van der Waals surface area contributed by atoms with E-state index < -0.39 is 5.60 Å². The number of β-amino-alcohol motifs (C(OH)–C–C–N with tert-alkyl or cyclic N) is 1. The molecular weight excluding hydrogens is 226 g/mol. The zero-order valence-electron chi connectivity index (χ0n) is 11.4. The van der Waals surface area contributed by atoms with E-state index in [2.05, 4.69) is 11.0 Å². The fraction of sp³-hybridized carbons (Fsp3) is 0.600. The maximum atomic E-state index is 10.5. The van der Waals surface area contributed by atoms with Crippen molar-refractivity contribution in [1.29, 1.82) is 0 Å². The second-order valence-corrected chi connectivity index (χ2v) is 5.02. The Morgan fingerprint density at radius 1 is 1.28 bits per heavy atom. The van der Waals surface area contributed by atoms with Crippen molar-refractivity contribution >= 4 is 5.69 Å². The average Bonchev–Trinajstić information content (AvgIpc) is 2.61. The first-order valence-electron chi connectivity index (χ1n) is 6.87. The molecule has 1 aromatic carbocycles. The van der Waals surface area contributed by atoms with Crippen LogP contribution >= 0.6 is 0 Å². The maximum absolute atomic E-state index is 10.5. The van der Waals surface area contributed by atoms with Crippen LogP contribution in [0, 0.1) is 0 Å². The molecule has 0 aliphatic carbocycles. The summed E-state index contributed by atoms with van der Waals surface area (Å²) < 4.78 is 5.74. The molecule has 0 unspecified atom stereocenters. The number of aliphatic hydroxyl groups is 1. The summed E-state index contributed by atoms with van der Waals surface area (Å²) in [6, 6.07) is 8.10. The zero-order chi connectivity index (χ0) is 13.0. The molecule has 1 aliphatic rings. The lowest BCUT2D eigenvalue weighted by atomic mass is 9.96. The average molecular weight is 249 g/mol. The first-order valence-corrected chi connectivity index (χ1v) is 6.87. The summed E-state index contributed by atoms with van der Waals surface area (Å²) in [5.41, 5.74) is 0.507. The van der Waals surface area contributed by atoms with Crippen molar-refractivity contribution in [3.05, 3.63) is 24.3 Å². The second-order valence-electron chi connectivity index (χ2n) is 5.02. The Hall–Kier alpha value is -1.22. The summed E-state index contributed by atoms with van der Waals surface area (Å²) in [5.74, 6) is 0.935. The van der Waals surface area contributed by atoms with Gasteiger partial charge in [0.15, 0.2) is 0 Å². The predicted octanol–water partition coefficient (Wildman–Crippen LogP) is 2.83. The van der Waals surface area contributed by atoms with Crippen LogP contribution in [-0.4, -0.2) is 30.4 Å². The van der Waals surface area contributed by atoms with Crippen LogP contribution in [0.25, 0.3) is 0 Å². The first-order chi connectivity index (χ1) is 8.68. The molecule has 0 bridgehead atoms. The molecule has 0 atom stereocenters. The van der Waals surface area contributed by atoms with Gasteiger partial charge < -0.3 is 14.7 Å². The Balaban J connectivity index is 2.23. The summed E-state index contributed by atoms with van der Waals surface area (Å²) in [6.45, 7) is 6.47. The smallest absolute Gasteiger partial charge is 0.142 e.